The van der Waals surface area contributed by atoms with Crippen molar-refractivity contribution in [2.75, 3.05) is 13.2 Å². The maximum Gasteiger partial charge on any atom is 0.416 e. The maximum atomic E-state index is 12.6. The molecule has 0 bridgehead atoms. The minimum Gasteiger partial charge on any atom is -0.494 e. The molecular weight excluding hydrogens is 393 g/mol. The number of pyridine rings is 1. The molecule has 30 heavy (non-hydrogen) atoms. The molecule has 4 rings (SSSR count). The third-order valence-electron chi connectivity index (χ3n) is 5.90. The van der Waals surface area contributed by atoms with E-state index in [-0.39, 0.29) is 6.04 Å². The summed E-state index contributed by atoms with van der Waals surface area (Å²) in [5.41, 5.74) is 7.24. The van der Waals surface area contributed by atoms with Crippen molar-refractivity contribution < 1.29 is 17.9 Å². The molecule has 162 valence electrons. The van der Waals surface area contributed by atoms with Gasteiger partial charge in [-0.25, -0.2) is 0 Å². The van der Waals surface area contributed by atoms with Crippen LogP contribution in [0, 0.1) is 0 Å². The first-order valence-corrected chi connectivity index (χ1v) is 10.4. The first kappa shape index (κ1) is 21.1. The van der Waals surface area contributed by atoms with Crippen LogP contribution in [0.3, 0.4) is 0 Å². The molecule has 5 nitrogen and oxygen atoms in total. The minimum absolute atomic E-state index is 0.279. The molecule has 2 N–H and O–H groups in total. The summed E-state index contributed by atoms with van der Waals surface area (Å²) in [5, 5.41) is 0. The van der Waals surface area contributed by atoms with E-state index >= 15 is 0 Å². The molecule has 3 atom stereocenters. The van der Waals surface area contributed by atoms with Crippen molar-refractivity contribution in [1.82, 2.24) is 20.7 Å². The molecule has 2 aliphatic heterocycles. The Kier molecular flexibility index (Phi) is 6.55. The Labute approximate surface area is 174 Å². The van der Waals surface area contributed by atoms with Crippen molar-refractivity contribution >= 4 is 0 Å². The van der Waals surface area contributed by atoms with E-state index in [0.29, 0.717) is 24.4 Å². The first-order valence-electron chi connectivity index (χ1n) is 10.4. The van der Waals surface area contributed by atoms with Gasteiger partial charge in [-0.1, -0.05) is 6.07 Å². The summed E-state index contributed by atoms with van der Waals surface area (Å²) in [6, 6.07) is 12.0. The summed E-state index contributed by atoms with van der Waals surface area (Å²) in [6.07, 6.45) is 1.66. The van der Waals surface area contributed by atoms with Gasteiger partial charge in [0.15, 0.2) is 0 Å². The Morgan fingerprint density at radius 3 is 2.67 bits per heavy atom. The number of nitrogens with zero attached hydrogens (tertiary/aromatic N) is 2. The highest BCUT2D eigenvalue weighted by molar-refractivity contribution is 5.28. The number of hydrogen-bond donors (Lipinski definition) is 2. The number of hydrazine groups is 1. The van der Waals surface area contributed by atoms with Crippen molar-refractivity contribution in [2.45, 2.75) is 56.5 Å². The molecule has 2 aliphatic rings. The van der Waals surface area contributed by atoms with Crippen LogP contribution in [0.2, 0.25) is 0 Å². The number of nitrogens with one attached hydrogen (secondary N) is 2. The summed E-state index contributed by atoms with van der Waals surface area (Å²) in [5.74, 6) is 0.461. The zero-order chi connectivity index (χ0) is 21.0. The van der Waals surface area contributed by atoms with Crippen LogP contribution in [0.15, 0.2) is 48.7 Å². The zero-order valence-corrected chi connectivity index (χ0v) is 16.7. The van der Waals surface area contributed by atoms with Gasteiger partial charge in [0.1, 0.15) is 5.75 Å². The highest BCUT2D eigenvalue weighted by Crippen LogP contribution is 2.30. The average Bonchev–Trinajstić information content (AvgIpc) is 3.38. The van der Waals surface area contributed by atoms with Crippen LogP contribution in [-0.4, -0.2) is 41.2 Å². The molecule has 3 unspecified atom stereocenters. The Morgan fingerprint density at radius 2 is 1.93 bits per heavy atom. The monoisotopic (exact) mass is 420 g/mol. The van der Waals surface area contributed by atoms with E-state index in [1.54, 1.807) is 0 Å². The molecule has 0 radical (unpaired) electrons. The maximum absolute atomic E-state index is 12.6. The zero-order valence-electron chi connectivity index (χ0n) is 16.7. The Morgan fingerprint density at radius 1 is 1.10 bits per heavy atom. The standard InChI is InChI=1S/C22H27F3N4O/c23-22(24,25)16-6-8-19(9-7-16)30-13-10-17-14-20(28-27-17)21-5-3-12-29(21)15-18-4-1-2-11-26-18/h1-2,4,6-9,11,17,20-21,27-28H,3,5,10,12-15H2. The molecule has 0 aliphatic carbocycles. The first-order chi connectivity index (χ1) is 14.5. The molecule has 2 fully saturated rings. The van der Waals surface area contributed by atoms with Crippen LogP contribution in [0.25, 0.3) is 0 Å². The summed E-state index contributed by atoms with van der Waals surface area (Å²) in [4.78, 5) is 6.95. The van der Waals surface area contributed by atoms with Gasteiger partial charge in [-0.2, -0.15) is 13.2 Å². The number of benzene rings is 1. The number of alkyl halides is 3. The lowest BCUT2D eigenvalue weighted by Gasteiger charge is -2.28. The van der Waals surface area contributed by atoms with Crippen LogP contribution in [0.4, 0.5) is 13.2 Å². The predicted molar refractivity (Wildman–Crippen MR) is 108 cm³/mol. The summed E-state index contributed by atoms with van der Waals surface area (Å²) in [7, 11) is 0. The van der Waals surface area contributed by atoms with Crippen molar-refractivity contribution in [1.29, 1.82) is 0 Å². The lowest BCUT2D eigenvalue weighted by Crippen LogP contribution is -2.45. The van der Waals surface area contributed by atoms with Gasteiger partial charge in [0.05, 0.1) is 17.9 Å². The van der Waals surface area contributed by atoms with Crippen molar-refractivity contribution in [3.8, 4) is 5.75 Å². The van der Waals surface area contributed by atoms with E-state index in [2.05, 4.69) is 26.8 Å². The number of likely N-dealkylation sites (tertiary alicyclic amines) is 1. The fraction of sp³-hybridized carbons (Fsp3) is 0.500. The quantitative estimate of drug-likeness (QED) is 0.714. The van der Waals surface area contributed by atoms with Crippen molar-refractivity contribution in [3.05, 3.63) is 59.9 Å². The summed E-state index contributed by atoms with van der Waals surface area (Å²) in [6.45, 7) is 2.41. The topological polar surface area (TPSA) is 49.4 Å². The molecule has 0 saturated carbocycles. The summed E-state index contributed by atoms with van der Waals surface area (Å²) >= 11 is 0. The van der Waals surface area contributed by atoms with Crippen molar-refractivity contribution in [2.24, 2.45) is 0 Å². The van der Waals surface area contributed by atoms with Gasteiger partial charge in [-0.3, -0.25) is 20.7 Å². The molecule has 2 aromatic rings. The molecular formula is C22H27F3N4O. The molecule has 2 saturated heterocycles. The molecule has 0 amide bonds. The Hall–Kier alpha value is -2.16. The smallest absolute Gasteiger partial charge is 0.416 e. The van der Waals surface area contributed by atoms with Crippen LogP contribution in [0.5, 0.6) is 5.75 Å². The fourth-order valence-corrected chi connectivity index (χ4v) is 4.36. The van der Waals surface area contributed by atoms with E-state index in [4.69, 9.17) is 4.74 Å². The fourth-order valence-electron chi connectivity index (χ4n) is 4.36. The average molecular weight is 420 g/mol. The highest BCUT2D eigenvalue weighted by atomic mass is 19.4. The number of aromatic nitrogens is 1. The molecule has 8 heteroatoms. The van der Waals surface area contributed by atoms with E-state index in [9.17, 15) is 13.2 Å². The lowest BCUT2D eigenvalue weighted by molar-refractivity contribution is -0.137. The molecule has 3 heterocycles. The van der Waals surface area contributed by atoms with E-state index in [0.717, 1.165) is 43.8 Å². The van der Waals surface area contributed by atoms with Crippen LogP contribution in [-0.2, 0) is 12.7 Å². The normalized spacial score (nSPS) is 25.0. The Balaban J connectivity index is 1.22. The largest absolute Gasteiger partial charge is 0.494 e. The molecule has 0 spiro atoms. The van der Waals surface area contributed by atoms with Gasteiger partial charge in [-0.15, -0.1) is 0 Å². The van der Waals surface area contributed by atoms with Crippen LogP contribution >= 0.6 is 0 Å². The molecule has 1 aromatic carbocycles. The van der Waals surface area contributed by atoms with E-state index < -0.39 is 11.7 Å². The van der Waals surface area contributed by atoms with E-state index in [1.807, 2.05) is 18.3 Å². The third-order valence-corrected chi connectivity index (χ3v) is 5.90. The summed E-state index contributed by atoms with van der Waals surface area (Å²) < 4.78 is 43.5. The van der Waals surface area contributed by atoms with Gasteiger partial charge in [0.25, 0.3) is 0 Å². The van der Waals surface area contributed by atoms with Gasteiger partial charge in [0.2, 0.25) is 0 Å². The van der Waals surface area contributed by atoms with E-state index in [1.165, 1.54) is 25.0 Å². The lowest BCUT2D eigenvalue weighted by atomic mass is 9.99. The second kappa shape index (κ2) is 9.32. The molecule has 1 aromatic heterocycles. The second-order valence-electron chi connectivity index (χ2n) is 7.99. The highest BCUT2D eigenvalue weighted by Gasteiger charge is 2.36. The number of ether oxygens (including phenoxy) is 1. The van der Waals surface area contributed by atoms with Crippen molar-refractivity contribution in [3.63, 3.8) is 0 Å². The number of hydrogen-bond acceptors (Lipinski definition) is 5. The SMILES string of the molecule is FC(F)(F)c1ccc(OCCC2CC(C3CCCN3Cc3ccccn3)NN2)cc1. The van der Waals surface area contributed by atoms with Gasteiger partial charge < -0.3 is 4.74 Å². The minimum atomic E-state index is -4.32. The van der Waals surface area contributed by atoms with Crippen LogP contribution in [0.1, 0.15) is 36.9 Å². The third kappa shape index (κ3) is 5.30. The predicted octanol–water partition coefficient (Wildman–Crippen LogP) is 3.77. The van der Waals surface area contributed by atoms with Gasteiger partial charge in [-0.05, 0) is 68.6 Å². The number of rotatable bonds is 7. The Bertz CT molecular complexity index is 800. The van der Waals surface area contributed by atoms with Gasteiger partial charge in [0, 0.05) is 30.9 Å². The number of halogens is 3. The second-order valence-corrected chi connectivity index (χ2v) is 7.99. The van der Waals surface area contributed by atoms with Gasteiger partial charge >= 0.3 is 6.18 Å². The van der Waals surface area contributed by atoms with Crippen LogP contribution < -0.4 is 15.6 Å².